The Morgan fingerprint density at radius 3 is 2.88 bits per heavy atom. The molecule has 1 N–H and O–H groups in total. The average molecular weight is 221 g/mol. The van der Waals surface area contributed by atoms with Gasteiger partial charge in [0.1, 0.15) is 17.7 Å². The number of rotatable bonds is 5. The van der Waals surface area contributed by atoms with Crippen LogP contribution in [0.3, 0.4) is 0 Å². The third kappa shape index (κ3) is 2.84. The Morgan fingerprint density at radius 1 is 1.44 bits per heavy atom. The maximum atomic E-state index is 5.76. The summed E-state index contributed by atoms with van der Waals surface area (Å²) in [5.74, 6) is 2.33. The number of hydrogen-bond donors (Lipinski definition) is 1. The van der Waals surface area contributed by atoms with E-state index in [1.165, 1.54) is 6.42 Å². The van der Waals surface area contributed by atoms with Crippen molar-refractivity contribution in [3.8, 4) is 5.88 Å². The van der Waals surface area contributed by atoms with Crippen LogP contribution in [-0.2, 0) is 0 Å². The van der Waals surface area contributed by atoms with Crippen LogP contribution in [0.2, 0.25) is 0 Å². The predicted octanol–water partition coefficient (Wildman–Crippen LogP) is 2.54. The molecule has 1 fully saturated rings. The monoisotopic (exact) mass is 221 g/mol. The van der Waals surface area contributed by atoms with Crippen molar-refractivity contribution in [2.45, 2.75) is 45.6 Å². The van der Waals surface area contributed by atoms with E-state index in [0.29, 0.717) is 12.0 Å². The van der Waals surface area contributed by atoms with Crippen LogP contribution in [0.5, 0.6) is 5.88 Å². The SMILES string of the molecule is CCCNc1cc(OC2CCC2)nc(C)n1. The molecular formula is C12H19N3O. The number of anilines is 1. The first kappa shape index (κ1) is 11.2. The van der Waals surface area contributed by atoms with Gasteiger partial charge in [0.15, 0.2) is 0 Å². The fourth-order valence-corrected chi connectivity index (χ4v) is 1.60. The van der Waals surface area contributed by atoms with Crippen molar-refractivity contribution in [2.75, 3.05) is 11.9 Å². The summed E-state index contributed by atoms with van der Waals surface area (Å²) in [5.41, 5.74) is 0. The van der Waals surface area contributed by atoms with Crippen LogP contribution in [0, 0.1) is 6.92 Å². The van der Waals surface area contributed by atoms with Crippen LogP contribution < -0.4 is 10.1 Å². The van der Waals surface area contributed by atoms with Crippen LogP contribution in [0.25, 0.3) is 0 Å². The second-order valence-electron chi connectivity index (χ2n) is 4.24. The van der Waals surface area contributed by atoms with Gasteiger partial charge in [-0.05, 0) is 32.6 Å². The molecule has 0 bridgehead atoms. The number of aromatic nitrogens is 2. The summed E-state index contributed by atoms with van der Waals surface area (Å²) in [6, 6.07) is 1.89. The first-order valence-corrected chi connectivity index (χ1v) is 6.04. The lowest BCUT2D eigenvalue weighted by atomic mass is 9.96. The largest absolute Gasteiger partial charge is 0.474 e. The van der Waals surface area contributed by atoms with E-state index in [2.05, 4.69) is 22.2 Å². The normalized spacial score (nSPS) is 15.6. The Morgan fingerprint density at radius 2 is 2.25 bits per heavy atom. The van der Waals surface area contributed by atoms with Gasteiger partial charge in [0.25, 0.3) is 0 Å². The molecule has 1 aromatic heterocycles. The highest BCUT2D eigenvalue weighted by molar-refractivity contribution is 5.38. The quantitative estimate of drug-likeness (QED) is 0.830. The topological polar surface area (TPSA) is 47.0 Å². The van der Waals surface area contributed by atoms with Crippen molar-refractivity contribution in [1.82, 2.24) is 9.97 Å². The summed E-state index contributed by atoms with van der Waals surface area (Å²) in [5, 5.41) is 3.25. The maximum Gasteiger partial charge on any atom is 0.218 e. The van der Waals surface area contributed by atoms with Gasteiger partial charge < -0.3 is 10.1 Å². The second-order valence-corrected chi connectivity index (χ2v) is 4.24. The standard InChI is InChI=1S/C12H19N3O/c1-3-7-13-11-8-12(15-9(2)14-11)16-10-5-4-6-10/h8,10H,3-7H2,1-2H3,(H,13,14,15). The summed E-state index contributed by atoms with van der Waals surface area (Å²) in [4.78, 5) is 8.61. The van der Waals surface area contributed by atoms with E-state index in [0.717, 1.165) is 37.4 Å². The summed E-state index contributed by atoms with van der Waals surface area (Å²) >= 11 is 0. The number of nitrogens with zero attached hydrogens (tertiary/aromatic N) is 2. The van der Waals surface area contributed by atoms with Crippen molar-refractivity contribution >= 4 is 5.82 Å². The van der Waals surface area contributed by atoms with Crippen molar-refractivity contribution in [1.29, 1.82) is 0 Å². The molecule has 4 nitrogen and oxygen atoms in total. The van der Waals surface area contributed by atoms with Gasteiger partial charge in [-0.3, -0.25) is 0 Å². The smallest absolute Gasteiger partial charge is 0.218 e. The lowest BCUT2D eigenvalue weighted by Crippen LogP contribution is -2.25. The van der Waals surface area contributed by atoms with Gasteiger partial charge in [-0.15, -0.1) is 0 Å². The molecule has 0 aliphatic heterocycles. The van der Waals surface area contributed by atoms with Crippen molar-refractivity contribution in [3.05, 3.63) is 11.9 Å². The number of aryl methyl sites for hydroxylation is 1. The Labute approximate surface area is 96.4 Å². The zero-order chi connectivity index (χ0) is 11.4. The highest BCUT2D eigenvalue weighted by Gasteiger charge is 2.19. The molecule has 0 radical (unpaired) electrons. The Balaban J connectivity index is 2.02. The first-order valence-electron chi connectivity index (χ1n) is 6.04. The molecule has 0 spiro atoms. The van der Waals surface area contributed by atoms with E-state index in [1.807, 2.05) is 13.0 Å². The van der Waals surface area contributed by atoms with Crippen molar-refractivity contribution in [2.24, 2.45) is 0 Å². The predicted molar refractivity (Wildman–Crippen MR) is 63.8 cm³/mol. The third-order valence-corrected chi connectivity index (χ3v) is 2.71. The zero-order valence-corrected chi connectivity index (χ0v) is 9.99. The number of hydrogen-bond acceptors (Lipinski definition) is 4. The molecule has 1 aliphatic carbocycles. The highest BCUT2D eigenvalue weighted by Crippen LogP contribution is 2.24. The van der Waals surface area contributed by atoms with E-state index in [1.54, 1.807) is 0 Å². The van der Waals surface area contributed by atoms with Crippen LogP contribution in [0.4, 0.5) is 5.82 Å². The minimum atomic E-state index is 0.369. The highest BCUT2D eigenvalue weighted by atomic mass is 16.5. The molecule has 88 valence electrons. The summed E-state index contributed by atoms with van der Waals surface area (Å²) in [6.45, 7) is 4.96. The van der Waals surface area contributed by atoms with E-state index < -0.39 is 0 Å². The van der Waals surface area contributed by atoms with Gasteiger partial charge in [-0.1, -0.05) is 6.92 Å². The zero-order valence-electron chi connectivity index (χ0n) is 9.99. The first-order chi connectivity index (χ1) is 7.78. The lowest BCUT2D eigenvalue weighted by Gasteiger charge is -2.25. The van der Waals surface area contributed by atoms with Crippen LogP contribution >= 0.6 is 0 Å². The van der Waals surface area contributed by atoms with E-state index in [9.17, 15) is 0 Å². The van der Waals surface area contributed by atoms with E-state index >= 15 is 0 Å². The van der Waals surface area contributed by atoms with Crippen LogP contribution in [-0.4, -0.2) is 22.6 Å². The van der Waals surface area contributed by atoms with Gasteiger partial charge in [-0.2, -0.15) is 4.98 Å². The lowest BCUT2D eigenvalue weighted by molar-refractivity contribution is 0.114. The van der Waals surface area contributed by atoms with Crippen LogP contribution in [0.1, 0.15) is 38.4 Å². The molecule has 1 aliphatic rings. The summed E-state index contributed by atoms with van der Waals surface area (Å²) in [7, 11) is 0. The molecular weight excluding hydrogens is 202 g/mol. The molecule has 0 amide bonds. The third-order valence-electron chi connectivity index (χ3n) is 2.71. The minimum Gasteiger partial charge on any atom is -0.474 e. The van der Waals surface area contributed by atoms with Gasteiger partial charge in [0.2, 0.25) is 5.88 Å². The van der Waals surface area contributed by atoms with Gasteiger partial charge >= 0.3 is 0 Å². The second kappa shape index (κ2) is 5.14. The van der Waals surface area contributed by atoms with E-state index in [-0.39, 0.29) is 0 Å². The molecule has 0 saturated heterocycles. The Hall–Kier alpha value is -1.32. The van der Waals surface area contributed by atoms with Gasteiger partial charge in [-0.25, -0.2) is 4.98 Å². The van der Waals surface area contributed by atoms with Crippen LogP contribution in [0.15, 0.2) is 6.07 Å². The summed E-state index contributed by atoms with van der Waals surface area (Å²) < 4.78 is 5.76. The van der Waals surface area contributed by atoms with E-state index in [4.69, 9.17) is 4.74 Å². The maximum absolute atomic E-state index is 5.76. The van der Waals surface area contributed by atoms with Gasteiger partial charge in [0.05, 0.1) is 0 Å². The molecule has 2 rings (SSSR count). The molecule has 1 saturated carbocycles. The molecule has 16 heavy (non-hydrogen) atoms. The number of ether oxygens (including phenoxy) is 1. The molecule has 1 heterocycles. The fraction of sp³-hybridized carbons (Fsp3) is 0.667. The Kier molecular flexibility index (Phi) is 3.59. The minimum absolute atomic E-state index is 0.369. The molecule has 4 heteroatoms. The molecule has 0 aromatic carbocycles. The Bertz CT molecular complexity index is 350. The number of nitrogens with one attached hydrogen (secondary N) is 1. The molecule has 1 aromatic rings. The molecule has 0 atom stereocenters. The van der Waals surface area contributed by atoms with Crippen molar-refractivity contribution < 1.29 is 4.74 Å². The van der Waals surface area contributed by atoms with Gasteiger partial charge in [0, 0.05) is 12.6 Å². The van der Waals surface area contributed by atoms with Crippen molar-refractivity contribution in [3.63, 3.8) is 0 Å². The fourth-order valence-electron chi connectivity index (χ4n) is 1.60. The molecule has 0 unspecified atom stereocenters. The average Bonchev–Trinajstić information content (AvgIpc) is 2.20. The summed E-state index contributed by atoms with van der Waals surface area (Å²) in [6.07, 6.45) is 5.03.